The van der Waals surface area contributed by atoms with Crippen molar-refractivity contribution < 1.29 is 4.92 Å². The molecule has 2 aromatic rings. The summed E-state index contributed by atoms with van der Waals surface area (Å²) in [6, 6.07) is 8.51. The maximum Gasteiger partial charge on any atom is 0.301 e. The second kappa shape index (κ2) is 6.85. The van der Waals surface area contributed by atoms with Gasteiger partial charge in [0.1, 0.15) is 10.8 Å². The number of rotatable bonds is 6. The minimum absolute atomic E-state index is 0.0114. The Hall–Kier alpha value is -2.15. The van der Waals surface area contributed by atoms with Crippen LogP contribution in [0.3, 0.4) is 0 Å². The Bertz CT molecular complexity index is 592. The van der Waals surface area contributed by atoms with E-state index in [-0.39, 0.29) is 5.69 Å². The van der Waals surface area contributed by atoms with Crippen LogP contribution < -0.4 is 5.32 Å². The summed E-state index contributed by atoms with van der Waals surface area (Å²) >= 11 is 1.19. The molecule has 1 N–H and O–H groups in total. The van der Waals surface area contributed by atoms with Crippen molar-refractivity contribution in [3.05, 3.63) is 46.6 Å². The number of aromatic nitrogens is 2. The number of nitrogens with one attached hydrogen (secondary N) is 1. The van der Waals surface area contributed by atoms with Gasteiger partial charge >= 0.3 is 5.69 Å². The fraction of sp³-hybridized carbons (Fsp3) is 0.231. The van der Waals surface area contributed by atoms with Crippen molar-refractivity contribution >= 4 is 23.3 Å². The molecule has 0 fully saturated rings. The number of hydrogen-bond donors (Lipinski definition) is 1. The molecule has 0 aromatic carbocycles. The molecule has 0 radical (unpaired) electrons. The summed E-state index contributed by atoms with van der Waals surface area (Å²) in [7, 11) is 0. The van der Waals surface area contributed by atoms with Crippen molar-refractivity contribution in [3.63, 3.8) is 0 Å². The Balaban J connectivity index is 2.29. The summed E-state index contributed by atoms with van der Waals surface area (Å²) in [4.78, 5) is 19.1. The fourth-order valence-electron chi connectivity index (χ4n) is 1.51. The third-order valence-electron chi connectivity index (χ3n) is 2.43. The van der Waals surface area contributed by atoms with Crippen molar-refractivity contribution in [2.24, 2.45) is 0 Å². The molecule has 20 heavy (non-hydrogen) atoms. The lowest BCUT2D eigenvalue weighted by atomic mass is 10.4. The average Bonchev–Trinajstić information content (AvgIpc) is 2.46. The molecule has 2 heterocycles. The third kappa shape index (κ3) is 3.67. The van der Waals surface area contributed by atoms with E-state index < -0.39 is 4.92 Å². The molecule has 0 aliphatic heterocycles. The van der Waals surface area contributed by atoms with Gasteiger partial charge in [-0.2, -0.15) is 0 Å². The first-order valence-corrected chi connectivity index (χ1v) is 7.00. The summed E-state index contributed by atoms with van der Waals surface area (Å²) in [6.07, 6.45) is 2.61. The Labute approximate surface area is 120 Å². The number of nitrogens with zero attached hydrogens (tertiary/aromatic N) is 3. The molecule has 0 spiro atoms. The van der Waals surface area contributed by atoms with Gasteiger partial charge < -0.3 is 5.32 Å². The molecule has 6 nitrogen and oxygen atoms in total. The highest BCUT2D eigenvalue weighted by Crippen LogP contribution is 2.32. The van der Waals surface area contributed by atoms with Crippen LogP contribution in [0.1, 0.15) is 13.3 Å². The van der Waals surface area contributed by atoms with E-state index in [1.165, 1.54) is 17.8 Å². The Morgan fingerprint density at radius 2 is 2.20 bits per heavy atom. The molecule has 104 valence electrons. The topological polar surface area (TPSA) is 81.0 Å². The van der Waals surface area contributed by atoms with Gasteiger partial charge in [0.15, 0.2) is 5.03 Å². The highest BCUT2D eigenvalue weighted by molar-refractivity contribution is 7.99. The van der Waals surface area contributed by atoms with Crippen LogP contribution in [0.4, 0.5) is 11.5 Å². The predicted octanol–water partition coefficient (Wildman–Crippen LogP) is 3.36. The van der Waals surface area contributed by atoms with Gasteiger partial charge in [-0.3, -0.25) is 10.1 Å². The highest BCUT2D eigenvalue weighted by atomic mass is 32.2. The second-order valence-electron chi connectivity index (χ2n) is 3.97. The molecular weight excluding hydrogens is 276 g/mol. The largest absolute Gasteiger partial charge is 0.370 e. The van der Waals surface area contributed by atoms with Crippen molar-refractivity contribution in [2.75, 3.05) is 11.9 Å². The molecule has 0 saturated carbocycles. The number of hydrogen-bond acceptors (Lipinski definition) is 6. The van der Waals surface area contributed by atoms with Gasteiger partial charge in [0.25, 0.3) is 0 Å². The Kier molecular flexibility index (Phi) is 4.89. The summed E-state index contributed by atoms with van der Waals surface area (Å²) < 4.78 is 0. The lowest BCUT2D eigenvalue weighted by molar-refractivity contribution is -0.388. The van der Waals surface area contributed by atoms with Crippen LogP contribution in [-0.4, -0.2) is 21.4 Å². The highest BCUT2D eigenvalue weighted by Gasteiger charge is 2.17. The van der Waals surface area contributed by atoms with E-state index in [9.17, 15) is 10.1 Å². The maximum atomic E-state index is 11.0. The van der Waals surface area contributed by atoms with E-state index in [2.05, 4.69) is 15.3 Å². The molecule has 0 atom stereocenters. The smallest absolute Gasteiger partial charge is 0.301 e. The lowest BCUT2D eigenvalue weighted by Crippen LogP contribution is -2.03. The van der Waals surface area contributed by atoms with Crippen LogP contribution in [0.15, 0.2) is 46.6 Å². The zero-order chi connectivity index (χ0) is 14.4. The van der Waals surface area contributed by atoms with Crippen molar-refractivity contribution in [3.8, 4) is 0 Å². The van der Waals surface area contributed by atoms with E-state index in [4.69, 9.17) is 0 Å². The van der Waals surface area contributed by atoms with Crippen LogP contribution in [0.25, 0.3) is 0 Å². The molecule has 7 heteroatoms. The quantitative estimate of drug-likeness (QED) is 0.649. The van der Waals surface area contributed by atoms with Gasteiger partial charge in [-0.25, -0.2) is 9.97 Å². The van der Waals surface area contributed by atoms with Crippen molar-refractivity contribution in [2.45, 2.75) is 23.4 Å². The first-order valence-electron chi connectivity index (χ1n) is 6.19. The van der Waals surface area contributed by atoms with Crippen molar-refractivity contribution in [1.82, 2.24) is 9.97 Å². The third-order valence-corrected chi connectivity index (χ3v) is 3.38. The van der Waals surface area contributed by atoms with Crippen LogP contribution in [0.5, 0.6) is 0 Å². The minimum atomic E-state index is -0.429. The summed E-state index contributed by atoms with van der Waals surface area (Å²) in [5.41, 5.74) is -0.0114. The molecule has 2 rings (SSSR count). The molecule has 2 aromatic heterocycles. The maximum absolute atomic E-state index is 11.0. The zero-order valence-electron chi connectivity index (χ0n) is 10.9. The summed E-state index contributed by atoms with van der Waals surface area (Å²) in [6.45, 7) is 2.82. The molecule has 0 amide bonds. The van der Waals surface area contributed by atoms with Crippen molar-refractivity contribution in [1.29, 1.82) is 0 Å². The summed E-state index contributed by atoms with van der Waals surface area (Å²) in [5.74, 6) is 0.635. The predicted molar refractivity (Wildman–Crippen MR) is 78.0 cm³/mol. The molecule has 0 bridgehead atoms. The molecule has 0 saturated heterocycles. The van der Waals surface area contributed by atoms with Crippen LogP contribution >= 0.6 is 11.8 Å². The van der Waals surface area contributed by atoms with Crippen LogP contribution in [-0.2, 0) is 0 Å². The first-order chi connectivity index (χ1) is 9.70. The van der Waals surface area contributed by atoms with E-state index in [0.29, 0.717) is 15.9 Å². The van der Waals surface area contributed by atoms with Gasteiger partial charge in [-0.1, -0.05) is 13.0 Å². The molecule has 0 aliphatic carbocycles. The monoisotopic (exact) mass is 290 g/mol. The van der Waals surface area contributed by atoms with Gasteiger partial charge in [-0.05, 0) is 36.4 Å². The number of anilines is 1. The number of pyridine rings is 2. The minimum Gasteiger partial charge on any atom is -0.370 e. The normalized spacial score (nSPS) is 10.2. The standard InChI is InChI=1S/C13H14N4O2S/c1-2-8-14-11-7-6-10(17(18)19)13(16-11)20-12-5-3-4-9-15-12/h3-7,9H,2,8H2,1H3,(H,14,16). The molecular formula is C13H14N4O2S. The van der Waals surface area contributed by atoms with E-state index in [0.717, 1.165) is 13.0 Å². The first kappa shape index (κ1) is 14.3. The second-order valence-corrected chi connectivity index (χ2v) is 4.98. The average molecular weight is 290 g/mol. The van der Waals surface area contributed by atoms with Gasteiger partial charge in [0.05, 0.1) is 4.92 Å². The number of nitro groups is 1. The Morgan fingerprint density at radius 1 is 1.35 bits per heavy atom. The Morgan fingerprint density at radius 3 is 2.85 bits per heavy atom. The summed E-state index contributed by atoms with van der Waals surface area (Å²) in [5, 5.41) is 15.2. The van der Waals surface area contributed by atoms with Gasteiger partial charge in [0, 0.05) is 18.8 Å². The van der Waals surface area contributed by atoms with E-state index >= 15 is 0 Å². The van der Waals surface area contributed by atoms with Gasteiger partial charge in [-0.15, -0.1) is 0 Å². The molecule has 0 unspecified atom stereocenters. The van der Waals surface area contributed by atoms with E-state index in [1.54, 1.807) is 24.4 Å². The van der Waals surface area contributed by atoms with Crippen LogP contribution in [0.2, 0.25) is 0 Å². The zero-order valence-corrected chi connectivity index (χ0v) is 11.8. The molecule has 0 aliphatic rings. The SMILES string of the molecule is CCCNc1ccc([N+](=O)[O-])c(Sc2ccccn2)n1. The lowest BCUT2D eigenvalue weighted by Gasteiger charge is -2.06. The van der Waals surface area contributed by atoms with E-state index in [1.807, 2.05) is 13.0 Å². The van der Waals surface area contributed by atoms with Gasteiger partial charge in [0.2, 0.25) is 0 Å². The fourth-order valence-corrected chi connectivity index (χ4v) is 2.35. The van der Waals surface area contributed by atoms with Crippen LogP contribution in [0, 0.1) is 10.1 Å².